The van der Waals surface area contributed by atoms with Crippen LogP contribution in [-0.4, -0.2) is 6.54 Å². The molecule has 1 heterocycles. The summed E-state index contributed by atoms with van der Waals surface area (Å²) < 4.78 is 0. The van der Waals surface area contributed by atoms with Gasteiger partial charge in [0.2, 0.25) is 0 Å². The zero-order valence-corrected chi connectivity index (χ0v) is 12.3. The number of benzene rings is 2. The molecule has 0 unspecified atom stereocenters. The molecule has 1 aliphatic heterocycles. The maximum Gasteiger partial charge on any atom is 0.0434 e. The first kappa shape index (κ1) is 13.0. The Labute approximate surface area is 121 Å². The molecule has 1 aliphatic rings. The minimum absolute atomic E-state index is 0.873. The molecule has 0 spiro atoms. The lowest BCUT2D eigenvalue weighted by Gasteiger charge is -2.32. The maximum absolute atomic E-state index is 5.91. The van der Waals surface area contributed by atoms with Gasteiger partial charge in [0, 0.05) is 24.5 Å². The molecule has 2 heteroatoms. The highest BCUT2D eigenvalue weighted by atomic mass is 15.1. The van der Waals surface area contributed by atoms with E-state index in [9.17, 15) is 0 Å². The van der Waals surface area contributed by atoms with Gasteiger partial charge >= 0.3 is 0 Å². The lowest BCUT2D eigenvalue weighted by atomic mass is 9.98. The van der Waals surface area contributed by atoms with Crippen molar-refractivity contribution in [3.8, 4) is 0 Å². The highest BCUT2D eigenvalue weighted by molar-refractivity contribution is 5.61. The summed E-state index contributed by atoms with van der Waals surface area (Å²) in [6, 6.07) is 12.9. The number of nitrogens with zero attached hydrogens (tertiary/aromatic N) is 1. The second kappa shape index (κ2) is 5.20. The second-order valence-corrected chi connectivity index (χ2v) is 5.78. The Hall–Kier alpha value is -1.96. The van der Waals surface area contributed by atoms with Gasteiger partial charge in [-0.05, 0) is 67.1 Å². The molecule has 2 aromatic carbocycles. The van der Waals surface area contributed by atoms with Crippen LogP contribution in [0.5, 0.6) is 0 Å². The molecule has 0 saturated heterocycles. The van der Waals surface area contributed by atoms with Gasteiger partial charge in [0.05, 0.1) is 0 Å². The molecule has 0 atom stereocenters. The minimum Gasteiger partial charge on any atom is -0.399 e. The third-order valence-electron chi connectivity index (χ3n) is 4.31. The number of hydrogen-bond donors (Lipinski definition) is 1. The van der Waals surface area contributed by atoms with Crippen molar-refractivity contribution in [1.29, 1.82) is 0 Å². The summed E-state index contributed by atoms with van der Waals surface area (Å²) in [5.41, 5.74) is 13.7. The van der Waals surface area contributed by atoms with E-state index in [-0.39, 0.29) is 0 Å². The molecule has 0 fully saturated rings. The average Bonchev–Trinajstić information content (AvgIpc) is 2.42. The molecule has 0 radical (unpaired) electrons. The summed E-state index contributed by atoms with van der Waals surface area (Å²) >= 11 is 0. The molecule has 2 nitrogen and oxygen atoms in total. The van der Waals surface area contributed by atoms with Crippen LogP contribution in [-0.2, 0) is 13.0 Å². The molecule has 0 aliphatic carbocycles. The SMILES string of the molecule is Cc1cccc(C)c1CN1CCCc2cc(N)ccc21. The van der Waals surface area contributed by atoms with Crippen LogP contribution in [0.15, 0.2) is 36.4 Å². The molecule has 2 aromatic rings. The van der Waals surface area contributed by atoms with E-state index < -0.39 is 0 Å². The van der Waals surface area contributed by atoms with Gasteiger partial charge in [0.25, 0.3) is 0 Å². The Balaban J connectivity index is 1.94. The van der Waals surface area contributed by atoms with E-state index in [1.807, 2.05) is 6.07 Å². The molecular weight excluding hydrogens is 244 g/mol. The van der Waals surface area contributed by atoms with E-state index in [1.165, 1.54) is 34.4 Å². The van der Waals surface area contributed by atoms with E-state index in [2.05, 4.69) is 49.1 Å². The largest absolute Gasteiger partial charge is 0.399 e. The zero-order valence-electron chi connectivity index (χ0n) is 12.3. The van der Waals surface area contributed by atoms with Gasteiger partial charge in [-0.1, -0.05) is 18.2 Å². The topological polar surface area (TPSA) is 29.3 Å². The van der Waals surface area contributed by atoms with Crippen molar-refractivity contribution in [3.05, 3.63) is 58.7 Å². The summed E-state index contributed by atoms with van der Waals surface area (Å²) in [6.07, 6.45) is 2.35. The van der Waals surface area contributed by atoms with Gasteiger partial charge in [0.15, 0.2) is 0 Å². The fourth-order valence-electron chi connectivity index (χ4n) is 3.15. The Morgan fingerprint density at radius 1 is 1.10 bits per heavy atom. The van der Waals surface area contributed by atoms with Crippen LogP contribution in [0, 0.1) is 13.8 Å². The van der Waals surface area contributed by atoms with Crippen LogP contribution in [0.2, 0.25) is 0 Å². The van der Waals surface area contributed by atoms with E-state index in [0.29, 0.717) is 0 Å². The van der Waals surface area contributed by atoms with Crippen molar-refractivity contribution < 1.29 is 0 Å². The summed E-state index contributed by atoms with van der Waals surface area (Å²) in [5, 5.41) is 0. The lowest BCUT2D eigenvalue weighted by Crippen LogP contribution is -2.29. The Morgan fingerprint density at radius 2 is 1.85 bits per heavy atom. The number of hydrogen-bond acceptors (Lipinski definition) is 2. The van der Waals surface area contributed by atoms with Gasteiger partial charge in [-0.25, -0.2) is 0 Å². The molecule has 0 aromatic heterocycles. The van der Waals surface area contributed by atoms with Gasteiger partial charge in [0.1, 0.15) is 0 Å². The number of rotatable bonds is 2. The van der Waals surface area contributed by atoms with Gasteiger partial charge in [-0.2, -0.15) is 0 Å². The molecule has 2 N–H and O–H groups in total. The van der Waals surface area contributed by atoms with Crippen LogP contribution in [0.4, 0.5) is 11.4 Å². The normalized spacial score (nSPS) is 14.2. The fourth-order valence-corrected chi connectivity index (χ4v) is 3.15. The Bertz CT molecular complexity index is 611. The Morgan fingerprint density at radius 3 is 2.60 bits per heavy atom. The smallest absolute Gasteiger partial charge is 0.0434 e. The summed E-state index contributed by atoms with van der Waals surface area (Å²) in [7, 11) is 0. The van der Waals surface area contributed by atoms with Crippen molar-refractivity contribution in [2.24, 2.45) is 0 Å². The highest BCUT2D eigenvalue weighted by Gasteiger charge is 2.18. The summed E-state index contributed by atoms with van der Waals surface area (Å²) in [5.74, 6) is 0. The number of aryl methyl sites for hydroxylation is 3. The first-order chi connectivity index (χ1) is 9.65. The highest BCUT2D eigenvalue weighted by Crippen LogP contribution is 2.31. The molecule has 0 bridgehead atoms. The zero-order chi connectivity index (χ0) is 14.1. The third kappa shape index (κ3) is 2.38. The van der Waals surface area contributed by atoms with Crippen LogP contribution in [0.3, 0.4) is 0 Å². The van der Waals surface area contributed by atoms with Crippen LogP contribution < -0.4 is 10.6 Å². The van der Waals surface area contributed by atoms with Gasteiger partial charge < -0.3 is 10.6 Å². The second-order valence-electron chi connectivity index (χ2n) is 5.78. The monoisotopic (exact) mass is 266 g/mol. The maximum atomic E-state index is 5.91. The van der Waals surface area contributed by atoms with E-state index >= 15 is 0 Å². The standard InChI is InChI=1S/C18H22N2/c1-13-5-3-6-14(2)17(13)12-20-10-4-7-15-11-16(19)8-9-18(15)20/h3,5-6,8-9,11H,4,7,10,12,19H2,1-2H3. The van der Waals surface area contributed by atoms with E-state index in [4.69, 9.17) is 5.73 Å². The van der Waals surface area contributed by atoms with Crippen molar-refractivity contribution in [2.45, 2.75) is 33.2 Å². The predicted molar refractivity (Wildman–Crippen MR) is 86.1 cm³/mol. The average molecular weight is 266 g/mol. The van der Waals surface area contributed by atoms with Crippen molar-refractivity contribution >= 4 is 11.4 Å². The van der Waals surface area contributed by atoms with Gasteiger partial charge in [-0.15, -0.1) is 0 Å². The summed E-state index contributed by atoms with van der Waals surface area (Å²) in [4.78, 5) is 2.49. The minimum atomic E-state index is 0.873. The molecular formula is C18H22N2. The first-order valence-corrected chi connectivity index (χ1v) is 7.33. The molecule has 0 amide bonds. The van der Waals surface area contributed by atoms with Crippen molar-refractivity contribution in [2.75, 3.05) is 17.2 Å². The van der Waals surface area contributed by atoms with Crippen LogP contribution in [0.1, 0.15) is 28.7 Å². The predicted octanol–water partition coefficient (Wildman–Crippen LogP) is 3.84. The number of nitrogens with two attached hydrogens (primary N) is 1. The third-order valence-corrected chi connectivity index (χ3v) is 4.31. The van der Waals surface area contributed by atoms with Gasteiger partial charge in [-0.3, -0.25) is 0 Å². The molecule has 3 rings (SSSR count). The molecule has 20 heavy (non-hydrogen) atoms. The summed E-state index contributed by atoms with van der Waals surface area (Å²) in [6.45, 7) is 6.53. The van der Waals surface area contributed by atoms with Crippen LogP contribution in [0.25, 0.3) is 0 Å². The van der Waals surface area contributed by atoms with Crippen LogP contribution >= 0.6 is 0 Å². The molecule has 0 saturated carbocycles. The van der Waals surface area contributed by atoms with E-state index in [1.54, 1.807) is 0 Å². The fraction of sp³-hybridized carbons (Fsp3) is 0.333. The number of anilines is 2. The lowest BCUT2D eigenvalue weighted by molar-refractivity contribution is 0.688. The molecule has 104 valence electrons. The van der Waals surface area contributed by atoms with E-state index in [0.717, 1.165) is 25.2 Å². The first-order valence-electron chi connectivity index (χ1n) is 7.33. The van der Waals surface area contributed by atoms with Crippen molar-refractivity contribution in [1.82, 2.24) is 0 Å². The number of fused-ring (bicyclic) bond motifs is 1. The Kier molecular flexibility index (Phi) is 3.39. The quantitative estimate of drug-likeness (QED) is 0.837. The van der Waals surface area contributed by atoms with Crippen molar-refractivity contribution in [3.63, 3.8) is 0 Å². The number of nitrogen functional groups attached to an aromatic ring is 1.